The maximum absolute atomic E-state index is 6.37. The maximum atomic E-state index is 6.37. The van der Waals surface area contributed by atoms with Gasteiger partial charge in [-0.25, -0.2) is 0 Å². The predicted octanol–water partition coefficient (Wildman–Crippen LogP) is 3.12. The highest BCUT2D eigenvalue weighted by molar-refractivity contribution is 5.28. The second-order valence-corrected chi connectivity index (χ2v) is 6.47. The van der Waals surface area contributed by atoms with E-state index in [0.717, 1.165) is 6.54 Å². The van der Waals surface area contributed by atoms with Crippen molar-refractivity contribution in [3.63, 3.8) is 0 Å². The number of likely N-dealkylation sites (tertiary alicyclic amines) is 1. The quantitative estimate of drug-likeness (QED) is 0.888. The molecule has 0 aromatic heterocycles. The molecular weight excluding hydrogens is 220 g/mol. The van der Waals surface area contributed by atoms with Crippen molar-refractivity contribution < 1.29 is 0 Å². The molecule has 1 aliphatic heterocycles. The molecule has 100 valence electrons. The van der Waals surface area contributed by atoms with E-state index < -0.39 is 0 Å². The minimum atomic E-state index is 0.139. The van der Waals surface area contributed by atoms with Crippen LogP contribution in [-0.4, -0.2) is 24.5 Å². The summed E-state index contributed by atoms with van der Waals surface area (Å²) in [5.41, 5.74) is 9.42. The molecule has 1 aromatic rings. The van der Waals surface area contributed by atoms with Crippen LogP contribution in [0.3, 0.4) is 0 Å². The Morgan fingerprint density at radius 2 is 2.06 bits per heavy atom. The van der Waals surface area contributed by atoms with Crippen molar-refractivity contribution in [3.8, 4) is 0 Å². The fraction of sp³-hybridized carbons (Fsp3) is 0.625. The lowest BCUT2D eigenvalue weighted by molar-refractivity contribution is 0.112. The van der Waals surface area contributed by atoms with Crippen LogP contribution in [0.1, 0.15) is 43.9 Å². The molecule has 1 aromatic carbocycles. The van der Waals surface area contributed by atoms with Gasteiger partial charge in [-0.1, -0.05) is 38.1 Å². The van der Waals surface area contributed by atoms with E-state index in [1.54, 1.807) is 0 Å². The molecule has 18 heavy (non-hydrogen) atoms. The summed E-state index contributed by atoms with van der Waals surface area (Å²) in [5, 5.41) is 0. The summed E-state index contributed by atoms with van der Waals surface area (Å²) in [6.07, 6.45) is 2.64. The van der Waals surface area contributed by atoms with Crippen LogP contribution < -0.4 is 5.73 Å². The number of hydrogen-bond donors (Lipinski definition) is 1. The number of aryl methyl sites for hydroxylation is 1. The van der Waals surface area contributed by atoms with Crippen molar-refractivity contribution in [1.82, 2.24) is 4.90 Å². The minimum absolute atomic E-state index is 0.139. The van der Waals surface area contributed by atoms with E-state index in [1.807, 2.05) is 0 Å². The van der Waals surface area contributed by atoms with Gasteiger partial charge in [-0.15, -0.1) is 0 Å². The first kappa shape index (κ1) is 13.6. The van der Waals surface area contributed by atoms with Gasteiger partial charge in [0.05, 0.1) is 0 Å². The van der Waals surface area contributed by atoms with Crippen LogP contribution in [0.4, 0.5) is 0 Å². The standard InChI is InChI=1S/C16H26N2/c1-13-7-4-5-8-14(13)15(17)11-18-10-6-9-16(2,3)12-18/h4-5,7-8,15H,6,9-12,17H2,1-3H3. The second kappa shape index (κ2) is 5.41. The third kappa shape index (κ3) is 3.33. The van der Waals surface area contributed by atoms with E-state index in [0.29, 0.717) is 5.41 Å². The van der Waals surface area contributed by atoms with Gasteiger partial charge in [0.15, 0.2) is 0 Å². The highest BCUT2D eigenvalue weighted by atomic mass is 15.1. The molecule has 1 heterocycles. The van der Waals surface area contributed by atoms with Crippen LogP contribution in [-0.2, 0) is 0 Å². The van der Waals surface area contributed by atoms with Gasteiger partial charge in [-0.05, 0) is 42.9 Å². The van der Waals surface area contributed by atoms with Gasteiger partial charge in [0.1, 0.15) is 0 Å². The molecule has 1 aliphatic rings. The smallest absolute Gasteiger partial charge is 0.0426 e. The molecule has 0 bridgehead atoms. The summed E-state index contributed by atoms with van der Waals surface area (Å²) in [4.78, 5) is 2.53. The van der Waals surface area contributed by atoms with E-state index in [-0.39, 0.29) is 6.04 Å². The van der Waals surface area contributed by atoms with Crippen molar-refractivity contribution in [3.05, 3.63) is 35.4 Å². The number of piperidine rings is 1. The van der Waals surface area contributed by atoms with E-state index in [4.69, 9.17) is 5.73 Å². The third-order valence-electron chi connectivity index (χ3n) is 4.02. The van der Waals surface area contributed by atoms with Crippen LogP contribution >= 0.6 is 0 Å². The number of rotatable bonds is 3. The van der Waals surface area contributed by atoms with Gasteiger partial charge in [0, 0.05) is 19.1 Å². The van der Waals surface area contributed by atoms with Gasteiger partial charge in [0.2, 0.25) is 0 Å². The molecule has 1 atom stereocenters. The van der Waals surface area contributed by atoms with Crippen LogP contribution in [0.15, 0.2) is 24.3 Å². The molecule has 2 rings (SSSR count). The molecular formula is C16H26N2. The summed E-state index contributed by atoms with van der Waals surface area (Å²) in [6.45, 7) is 10.2. The molecule has 0 amide bonds. The van der Waals surface area contributed by atoms with Crippen LogP contribution in [0, 0.1) is 12.3 Å². The highest BCUT2D eigenvalue weighted by Crippen LogP contribution is 2.29. The average molecular weight is 246 g/mol. The number of benzene rings is 1. The monoisotopic (exact) mass is 246 g/mol. The molecule has 2 N–H and O–H groups in total. The summed E-state index contributed by atoms with van der Waals surface area (Å²) in [6, 6.07) is 8.61. The molecule has 2 heteroatoms. The van der Waals surface area contributed by atoms with Crippen molar-refractivity contribution in [2.45, 2.75) is 39.7 Å². The molecule has 1 unspecified atom stereocenters. The summed E-state index contributed by atoms with van der Waals surface area (Å²) >= 11 is 0. The Labute approximate surface area is 111 Å². The molecule has 0 aliphatic carbocycles. The fourth-order valence-electron chi connectivity index (χ4n) is 3.08. The first-order valence-electron chi connectivity index (χ1n) is 7.01. The van der Waals surface area contributed by atoms with E-state index in [1.165, 1.54) is 37.1 Å². The topological polar surface area (TPSA) is 29.3 Å². The maximum Gasteiger partial charge on any atom is 0.0426 e. The Balaban J connectivity index is 1.99. The lowest BCUT2D eigenvalue weighted by atomic mass is 9.84. The first-order chi connectivity index (χ1) is 8.48. The molecule has 0 radical (unpaired) electrons. The SMILES string of the molecule is Cc1ccccc1C(N)CN1CCCC(C)(C)C1. The van der Waals surface area contributed by atoms with Gasteiger partial charge in [0.25, 0.3) is 0 Å². The molecule has 1 saturated heterocycles. The lowest BCUT2D eigenvalue weighted by Crippen LogP contribution is -2.43. The summed E-state index contributed by atoms with van der Waals surface area (Å²) in [5.74, 6) is 0. The normalized spacial score (nSPS) is 21.8. The Kier molecular flexibility index (Phi) is 4.08. The lowest BCUT2D eigenvalue weighted by Gasteiger charge is -2.39. The average Bonchev–Trinajstić information content (AvgIpc) is 2.28. The van der Waals surface area contributed by atoms with E-state index in [9.17, 15) is 0 Å². The van der Waals surface area contributed by atoms with Crippen molar-refractivity contribution >= 4 is 0 Å². The van der Waals surface area contributed by atoms with Crippen LogP contribution in [0.5, 0.6) is 0 Å². The first-order valence-corrected chi connectivity index (χ1v) is 7.01. The molecule has 0 saturated carbocycles. The Bertz CT molecular complexity index is 398. The second-order valence-electron chi connectivity index (χ2n) is 6.47. The van der Waals surface area contributed by atoms with Gasteiger partial charge < -0.3 is 10.6 Å². The fourth-order valence-corrected chi connectivity index (χ4v) is 3.08. The van der Waals surface area contributed by atoms with Gasteiger partial charge >= 0.3 is 0 Å². The van der Waals surface area contributed by atoms with Gasteiger partial charge in [-0.3, -0.25) is 0 Å². The molecule has 2 nitrogen and oxygen atoms in total. The Hall–Kier alpha value is -0.860. The number of hydrogen-bond acceptors (Lipinski definition) is 2. The Morgan fingerprint density at radius 3 is 2.72 bits per heavy atom. The molecule has 0 spiro atoms. The molecule has 1 fully saturated rings. The highest BCUT2D eigenvalue weighted by Gasteiger charge is 2.27. The zero-order chi connectivity index (χ0) is 13.2. The van der Waals surface area contributed by atoms with E-state index >= 15 is 0 Å². The third-order valence-corrected chi connectivity index (χ3v) is 4.02. The van der Waals surface area contributed by atoms with Crippen LogP contribution in [0.2, 0.25) is 0 Å². The largest absolute Gasteiger partial charge is 0.323 e. The van der Waals surface area contributed by atoms with Crippen LogP contribution in [0.25, 0.3) is 0 Å². The zero-order valence-electron chi connectivity index (χ0n) is 11.9. The number of nitrogens with zero attached hydrogens (tertiary/aromatic N) is 1. The Morgan fingerprint density at radius 1 is 1.33 bits per heavy atom. The zero-order valence-corrected chi connectivity index (χ0v) is 11.9. The summed E-state index contributed by atoms with van der Waals surface area (Å²) < 4.78 is 0. The minimum Gasteiger partial charge on any atom is -0.323 e. The van der Waals surface area contributed by atoms with E-state index in [2.05, 4.69) is 49.9 Å². The van der Waals surface area contributed by atoms with Crippen molar-refractivity contribution in [2.24, 2.45) is 11.1 Å². The van der Waals surface area contributed by atoms with Crippen molar-refractivity contribution in [1.29, 1.82) is 0 Å². The number of nitrogens with two attached hydrogens (primary N) is 1. The van der Waals surface area contributed by atoms with Crippen molar-refractivity contribution in [2.75, 3.05) is 19.6 Å². The van der Waals surface area contributed by atoms with Gasteiger partial charge in [-0.2, -0.15) is 0 Å². The summed E-state index contributed by atoms with van der Waals surface area (Å²) in [7, 11) is 0. The predicted molar refractivity (Wildman–Crippen MR) is 77.6 cm³/mol.